The number of nitrogens with zero attached hydrogens (tertiary/aromatic N) is 8. The topological polar surface area (TPSA) is 148 Å². The molecule has 5 aliphatic rings. The lowest BCUT2D eigenvalue weighted by molar-refractivity contribution is -0.150. The minimum atomic E-state index is -0.597. The van der Waals surface area contributed by atoms with Crippen LogP contribution in [-0.2, 0) is 22.7 Å². The molecule has 0 spiro atoms. The van der Waals surface area contributed by atoms with Crippen LogP contribution in [0.1, 0.15) is 53.2 Å². The summed E-state index contributed by atoms with van der Waals surface area (Å²) in [5.41, 5.74) is 6.96. The molecule has 290 valence electrons. The zero-order valence-electron chi connectivity index (χ0n) is 32.0. The van der Waals surface area contributed by atoms with Crippen molar-refractivity contribution in [3.63, 3.8) is 0 Å². The Bertz CT molecular complexity index is 2210. The van der Waals surface area contributed by atoms with Crippen LogP contribution in [0.3, 0.4) is 0 Å². The SMILES string of the molecule is Cc1cc(CN2CCN(c3ccc4c(c3)C(=O)N([C@H]3CCC(=O)N(C)C3=O)C4)CC2)cnc1O[C@@H]1C[C@@H]2CNc3nnc(-c4ccccc4O)cc3N(C1)C2C. The first-order chi connectivity index (χ1) is 27.1. The van der Waals surface area contributed by atoms with Gasteiger partial charge < -0.3 is 29.9 Å². The molecule has 0 saturated carbocycles. The fourth-order valence-corrected chi connectivity index (χ4v) is 9.04. The van der Waals surface area contributed by atoms with E-state index in [4.69, 9.17) is 9.72 Å². The molecule has 3 amide bonds. The van der Waals surface area contributed by atoms with Crippen molar-refractivity contribution in [2.75, 3.05) is 61.4 Å². The van der Waals surface area contributed by atoms with Gasteiger partial charge in [0.2, 0.25) is 11.8 Å². The maximum absolute atomic E-state index is 13.5. The Balaban J connectivity index is 0.813. The molecule has 2 N–H and O–H groups in total. The van der Waals surface area contributed by atoms with Crippen LogP contribution < -0.4 is 19.9 Å². The van der Waals surface area contributed by atoms with Crippen molar-refractivity contribution >= 4 is 34.9 Å². The van der Waals surface area contributed by atoms with Gasteiger partial charge in [-0.25, -0.2) is 4.98 Å². The van der Waals surface area contributed by atoms with Gasteiger partial charge in [0.15, 0.2) is 5.82 Å². The number of phenols is 1. The largest absolute Gasteiger partial charge is 0.507 e. The predicted octanol–water partition coefficient (Wildman–Crippen LogP) is 4.07. The third-order valence-corrected chi connectivity index (χ3v) is 12.4. The average molecular weight is 758 g/mol. The number of amides is 3. The molecule has 7 heterocycles. The summed E-state index contributed by atoms with van der Waals surface area (Å²) in [6, 6.07) is 17.1. The first-order valence-electron chi connectivity index (χ1n) is 19.6. The van der Waals surface area contributed by atoms with Gasteiger partial charge in [-0.2, -0.15) is 0 Å². The van der Waals surface area contributed by atoms with E-state index in [-0.39, 0.29) is 42.0 Å². The molecule has 14 heteroatoms. The highest BCUT2D eigenvalue weighted by Gasteiger charge is 2.42. The molecule has 1 unspecified atom stereocenters. The summed E-state index contributed by atoms with van der Waals surface area (Å²) in [5, 5.41) is 22.9. The average Bonchev–Trinajstić information content (AvgIpc) is 3.50. The first-order valence-corrected chi connectivity index (χ1v) is 19.6. The van der Waals surface area contributed by atoms with Crippen molar-refractivity contribution < 1.29 is 24.2 Å². The van der Waals surface area contributed by atoms with E-state index in [2.05, 4.69) is 56.2 Å². The fraction of sp³-hybridized carbons (Fsp3) is 0.429. The quantitative estimate of drug-likeness (QED) is 0.262. The number of hydrogen-bond donors (Lipinski definition) is 2. The van der Waals surface area contributed by atoms with Crippen molar-refractivity contribution in [2.24, 2.45) is 5.92 Å². The summed E-state index contributed by atoms with van der Waals surface area (Å²) in [7, 11) is 1.50. The smallest absolute Gasteiger partial charge is 0.255 e. The number of carbonyl (C=O) groups is 3. The van der Waals surface area contributed by atoms with Crippen LogP contribution >= 0.6 is 0 Å². The van der Waals surface area contributed by atoms with Gasteiger partial charge in [-0.05, 0) is 80.1 Å². The molecule has 3 fully saturated rings. The van der Waals surface area contributed by atoms with Crippen molar-refractivity contribution in [2.45, 2.75) is 64.4 Å². The highest BCUT2D eigenvalue weighted by Crippen LogP contribution is 2.40. The number of para-hydroxylation sites is 1. The minimum Gasteiger partial charge on any atom is -0.507 e. The van der Waals surface area contributed by atoms with Gasteiger partial charge in [-0.1, -0.05) is 18.2 Å². The van der Waals surface area contributed by atoms with Crippen LogP contribution in [0.5, 0.6) is 11.6 Å². The number of piperazine rings is 1. The van der Waals surface area contributed by atoms with E-state index in [9.17, 15) is 19.5 Å². The van der Waals surface area contributed by atoms with Crippen molar-refractivity contribution in [3.8, 4) is 22.9 Å². The Morgan fingerprint density at radius 1 is 0.964 bits per heavy atom. The number of likely N-dealkylation sites (tertiary alicyclic amines) is 1. The normalized spacial score (nSPS) is 23.8. The van der Waals surface area contributed by atoms with Crippen molar-refractivity contribution in [1.82, 2.24) is 29.9 Å². The Morgan fingerprint density at radius 3 is 2.59 bits per heavy atom. The number of imide groups is 1. The van der Waals surface area contributed by atoms with Crippen LogP contribution in [0.25, 0.3) is 11.3 Å². The third-order valence-electron chi connectivity index (χ3n) is 12.4. The number of aromatic nitrogens is 3. The second kappa shape index (κ2) is 14.4. The molecule has 2 bridgehead atoms. The van der Waals surface area contributed by atoms with Crippen LogP contribution in [0, 0.1) is 12.8 Å². The molecular weight excluding hydrogens is 711 g/mol. The molecule has 4 atom stereocenters. The lowest BCUT2D eigenvalue weighted by Crippen LogP contribution is -2.53. The number of aromatic hydroxyl groups is 1. The predicted molar refractivity (Wildman–Crippen MR) is 211 cm³/mol. The number of likely N-dealkylation sites (N-methyl/N-ethyl adjacent to an activating group) is 1. The van der Waals surface area contributed by atoms with E-state index in [1.807, 2.05) is 36.5 Å². The first kappa shape index (κ1) is 35.9. The van der Waals surface area contributed by atoms with E-state index in [0.29, 0.717) is 48.1 Å². The maximum atomic E-state index is 13.5. The Hall–Kier alpha value is -5.76. The number of fused-ring (bicyclic) bond motifs is 5. The van der Waals surface area contributed by atoms with E-state index in [1.165, 1.54) is 7.05 Å². The van der Waals surface area contributed by atoms with Crippen LogP contribution in [0.2, 0.25) is 0 Å². The van der Waals surface area contributed by atoms with E-state index in [0.717, 1.165) is 84.5 Å². The summed E-state index contributed by atoms with van der Waals surface area (Å²) in [6.45, 7) is 10.3. The minimum absolute atomic E-state index is 0.0597. The van der Waals surface area contributed by atoms with Crippen LogP contribution in [0.4, 0.5) is 17.2 Å². The van der Waals surface area contributed by atoms with Crippen LogP contribution in [-0.4, -0.2) is 117 Å². The Kier molecular flexibility index (Phi) is 9.23. The summed E-state index contributed by atoms with van der Waals surface area (Å²) in [4.78, 5) is 53.0. The molecule has 14 nitrogen and oxygen atoms in total. The van der Waals surface area contributed by atoms with Gasteiger partial charge in [0.25, 0.3) is 11.8 Å². The van der Waals surface area contributed by atoms with E-state index < -0.39 is 6.04 Å². The summed E-state index contributed by atoms with van der Waals surface area (Å²) in [5.74, 6) is 1.28. The third kappa shape index (κ3) is 6.55. The fourth-order valence-electron chi connectivity index (χ4n) is 9.04. The molecule has 2 aromatic carbocycles. The summed E-state index contributed by atoms with van der Waals surface area (Å²) < 4.78 is 6.64. The lowest BCUT2D eigenvalue weighted by atomic mass is 9.88. The molecular formula is C42H47N9O5. The monoisotopic (exact) mass is 757 g/mol. The second-order valence-corrected chi connectivity index (χ2v) is 15.8. The summed E-state index contributed by atoms with van der Waals surface area (Å²) in [6.07, 6.45) is 3.40. The Morgan fingerprint density at radius 2 is 1.79 bits per heavy atom. The van der Waals surface area contributed by atoms with Gasteiger partial charge in [0.1, 0.15) is 17.9 Å². The molecule has 5 aliphatic heterocycles. The van der Waals surface area contributed by atoms with Crippen molar-refractivity contribution in [3.05, 3.63) is 83.0 Å². The number of aryl methyl sites for hydroxylation is 1. The van der Waals surface area contributed by atoms with E-state index >= 15 is 0 Å². The van der Waals surface area contributed by atoms with Gasteiger partial charge in [0, 0.05) is 93.9 Å². The number of hydrogen-bond acceptors (Lipinski definition) is 12. The molecule has 2 aromatic heterocycles. The van der Waals surface area contributed by atoms with Crippen LogP contribution in [0.15, 0.2) is 60.8 Å². The number of rotatable bonds is 7. The number of pyridine rings is 1. The van der Waals surface area contributed by atoms with Gasteiger partial charge in [-0.15, -0.1) is 10.2 Å². The van der Waals surface area contributed by atoms with Gasteiger partial charge in [0.05, 0.1) is 17.9 Å². The maximum Gasteiger partial charge on any atom is 0.255 e. The molecule has 56 heavy (non-hydrogen) atoms. The highest BCUT2D eigenvalue weighted by molar-refractivity contribution is 6.05. The number of piperidine rings is 2. The second-order valence-electron chi connectivity index (χ2n) is 15.8. The number of carbonyl (C=O) groups excluding carboxylic acids is 3. The summed E-state index contributed by atoms with van der Waals surface area (Å²) >= 11 is 0. The highest BCUT2D eigenvalue weighted by atomic mass is 16.5. The zero-order valence-corrected chi connectivity index (χ0v) is 32.0. The molecule has 0 aliphatic carbocycles. The number of anilines is 3. The number of benzene rings is 2. The lowest BCUT2D eigenvalue weighted by Gasteiger charge is -2.42. The molecule has 0 radical (unpaired) electrons. The van der Waals surface area contributed by atoms with Gasteiger partial charge >= 0.3 is 0 Å². The Labute approximate surface area is 326 Å². The standard InChI is InChI=1S/C42H47N9O5/c1-25-16-27(22-48-12-14-49(15-13-48)30-9-8-28-23-51(41(54)33(28)18-30)35-10-11-38(53)47(3)42(35)55)20-44-40(25)56-31-17-29-21-43-39-36(50(24-31)26(29)2)19-34(45-46-39)32-6-4-5-7-37(32)52/h4-9,16,18-20,26,29,31,35,52H,10-15,17,21-24H2,1-3H3,(H,43,46)/t26?,29-,31-,35+/m1/s1. The number of nitrogens with one attached hydrogen (secondary N) is 1. The number of phenolic OH excluding ortho intramolecular Hbond substituents is 1. The molecule has 3 saturated heterocycles. The van der Waals surface area contributed by atoms with E-state index in [1.54, 1.807) is 17.0 Å². The zero-order chi connectivity index (χ0) is 38.7. The molecule has 4 aromatic rings. The number of ether oxygens (including phenoxy) is 1. The van der Waals surface area contributed by atoms with Gasteiger partial charge in [-0.3, -0.25) is 24.2 Å². The molecule has 9 rings (SSSR count). The van der Waals surface area contributed by atoms with Crippen molar-refractivity contribution in [1.29, 1.82) is 0 Å².